The molecule has 27 heavy (non-hydrogen) atoms. The zero-order valence-electron chi connectivity index (χ0n) is 15.6. The number of nitrogens with one attached hydrogen (secondary N) is 1. The summed E-state index contributed by atoms with van der Waals surface area (Å²) in [5.74, 6) is -0.0462. The molecular formula is C19H24ClN5O2. The van der Waals surface area contributed by atoms with E-state index in [0.717, 1.165) is 5.65 Å². The lowest BCUT2D eigenvalue weighted by Crippen LogP contribution is -2.51. The highest BCUT2D eigenvalue weighted by atomic mass is 35.5. The van der Waals surface area contributed by atoms with Gasteiger partial charge in [0.2, 0.25) is 11.8 Å². The van der Waals surface area contributed by atoms with Crippen LogP contribution in [0, 0.1) is 0 Å². The molecule has 1 aliphatic heterocycles. The molecule has 144 valence electrons. The molecule has 0 saturated carbocycles. The van der Waals surface area contributed by atoms with E-state index in [0.29, 0.717) is 43.6 Å². The van der Waals surface area contributed by atoms with Crippen molar-refractivity contribution in [3.8, 4) is 0 Å². The Morgan fingerprint density at radius 3 is 2.70 bits per heavy atom. The molecule has 1 fully saturated rings. The van der Waals surface area contributed by atoms with Crippen LogP contribution >= 0.6 is 11.6 Å². The van der Waals surface area contributed by atoms with E-state index in [1.54, 1.807) is 11.0 Å². The number of carbonyl (C=O) groups is 2. The summed E-state index contributed by atoms with van der Waals surface area (Å²) in [5, 5.41) is 3.25. The number of fused-ring (bicyclic) bond motifs is 1. The number of pyridine rings is 1. The number of piperazine rings is 1. The van der Waals surface area contributed by atoms with Crippen molar-refractivity contribution in [1.82, 2.24) is 24.5 Å². The number of hydrogen-bond acceptors (Lipinski definition) is 4. The SMILES string of the molecule is CC(C)NC(=O)CN1CCN(C(=O)/C=C/c2c(Cl)nc3ccccn23)CC1. The van der Waals surface area contributed by atoms with Crippen molar-refractivity contribution in [2.75, 3.05) is 32.7 Å². The number of rotatable bonds is 5. The van der Waals surface area contributed by atoms with Gasteiger partial charge in [-0.2, -0.15) is 0 Å². The van der Waals surface area contributed by atoms with Crippen LogP contribution in [0.25, 0.3) is 11.7 Å². The molecule has 0 aliphatic carbocycles. The molecule has 7 nitrogen and oxygen atoms in total. The Bertz CT molecular complexity index is 853. The maximum absolute atomic E-state index is 12.5. The maximum Gasteiger partial charge on any atom is 0.246 e. The summed E-state index contributed by atoms with van der Waals surface area (Å²) in [4.78, 5) is 32.4. The van der Waals surface area contributed by atoms with Gasteiger partial charge in [-0.15, -0.1) is 0 Å². The Hall–Kier alpha value is -2.38. The first kappa shape index (κ1) is 19.4. The lowest BCUT2D eigenvalue weighted by molar-refractivity contribution is -0.128. The fraction of sp³-hybridized carbons (Fsp3) is 0.421. The first-order valence-corrected chi connectivity index (χ1v) is 9.43. The van der Waals surface area contributed by atoms with Gasteiger partial charge >= 0.3 is 0 Å². The van der Waals surface area contributed by atoms with Crippen molar-refractivity contribution in [2.24, 2.45) is 0 Å². The van der Waals surface area contributed by atoms with Crippen LogP contribution in [0.3, 0.4) is 0 Å². The summed E-state index contributed by atoms with van der Waals surface area (Å²) in [6.07, 6.45) is 5.09. The van der Waals surface area contributed by atoms with E-state index in [9.17, 15) is 9.59 Å². The Morgan fingerprint density at radius 1 is 1.26 bits per heavy atom. The largest absolute Gasteiger partial charge is 0.353 e. The van der Waals surface area contributed by atoms with E-state index >= 15 is 0 Å². The molecule has 2 aromatic heterocycles. The monoisotopic (exact) mass is 389 g/mol. The summed E-state index contributed by atoms with van der Waals surface area (Å²) in [6.45, 7) is 6.81. The fourth-order valence-electron chi connectivity index (χ4n) is 3.09. The molecule has 8 heteroatoms. The van der Waals surface area contributed by atoms with Crippen molar-refractivity contribution < 1.29 is 9.59 Å². The average Bonchev–Trinajstić information content (AvgIpc) is 2.94. The molecule has 1 saturated heterocycles. The average molecular weight is 390 g/mol. The highest BCUT2D eigenvalue weighted by Gasteiger charge is 2.21. The van der Waals surface area contributed by atoms with Gasteiger partial charge in [0, 0.05) is 44.5 Å². The second-order valence-electron chi connectivity index (χ2n) is 6.87. The van der Waals surface area contributed by atoms with Gasteiger partial charge in [-0.05, 0) is 32.1 Å². The molecule has 0 aromatic carbocycles. The lowest BCUT2D eigenvalue weighted by Gasteiger charge is -2.33. The topological polar surface area (TPSA) is 70.0 Å². The van der Waals surface area contributed by atoms with Crippen LogP contribution in [0.5, 0.6) is 0 Å². The molecule has 2 aromatic rings. The van der Waals surface area contributed by atoms with Gasteiger partial charge in [0.05, 0.1) is 12.2 Å². The third kappa shape index (κ3) is 4.87. The van der Waals surface area contributed by atoms with Crippen LogP contribution in [0.1, 0.15) is 19.5 Å². The van der Waals surface area contributed by atoms with Crippen molar-refractivity contribution in [1.29, 1.82) is 0 Å². The molecule has 3 heterocycles. The number of amides is 2. The zero-order valence-corrected chi connectivity index (χ0v) is 16.3. The number of aromatic nitrogens is 2. The van der Waals surface area contributed by atoms with Gasteiger partial charge in [-0.25, -0.2) is 4.98 Å². The van der Waals surface area contributed by atoms with Crippen LogP contribution in [-0.2, 0) is 9.59 Å². The first-order valence-electron chi connectivity index (χ1n) is 9.05. The van der Waals surface area contributed by atoms with E-state index in [1.807, 2.05) is 42.6 Å². The summed E-state index contributed by atoms with van der Waals surface area (Å²) < 4.78 is 1.84. The van der Waals surface area contributed by atoms with Crippen LogP contribution in [0.2, 0.25) is 5.15 Å². The van der Waals surface area contributed by atoms with E-state index < -0.39 is 0 Å². The van der Waals surface area contributed by atoms with Gasteiger partial charge < -0.3 is 10.2 Å². The molecule has 1 aliphatic rings. The molecule has 2 amide bonds. The minimum Gasteiger partial charge on any atom is -0.353 e. The van der Waals surface area contributed by atoms with E-state index in [2.05, 4.69) is 15.2 Å². The van der Waals surface area contributed by atoms with E-state index in [-0.39, 0.29) is 17.9 Å². The van der Waals surface area contributed by atoms with Crippen molar-refractivity contribution in [3.63, 3.8) is 0 Å². The maximum atomic E-state index is 12.5. The number of imidazole rings is 1. The number of hydrogen-bond donors (Lipinski definition) is 1. The van der Waals surface area contributed by atoms with Crippen LogP contribution in [-0.4, -0.2) is 69.8 Å². The zero-order chi connectivity index (χ0) is 19.4. The van der Waals surface area contributed by atoms with Gasteiger partial charge in [0.25, 0.3) is 0 Å². The molecule has 3 rings (SSSR count). The van der Waals surface area contributed by atoms with Crippen molar-refractivity contribution in [3.05, 3.63) is 41.3 Å². The number of halogens is 1. The van der Waals surface area contributed by atoms with Crippen LogP contribution in [0.15, 0.2) is 30.5 Å². The molecule has 0 spiro atoms. The lowest BCUT2D eigenvalue weighted by atomic mass is 10.2. The van der Waals surface area contributed by atoms with Gasteiger partial charge in [0.1, 0.15) is 5.65 Å². The van der Waals surface area contributed by atoms with Crippen molar-refractivity contribution >= 4 is 35.1 Å². The molecule has 0 radical (unpaired) electrons. The summed E-state index contributed by atoms with van der Waals surface area (Å²) >= 11 is 6.19. The number of carbonyl (C=O) groups excluding carboxylic acids is 2. The predicted molar refractivity (Wildman–Crippen MR) is 106 cm³/mol. The second kappa shape index (κ2) is 8.54. The third-order valence-electron chi connectivity index (χ3n) is 4.41. The smallest absolute Gasteiger partial charge is 0.246 e. The Morgan fingerprint density at radius 2 is 2.00 bits per heavy atom. The minimum atomic E-state index is -0.0665. The molecule has 0 bridgehead atoms. The van der Waals surface area contributed by atoms with Crippen molar-refractivity contribution in [2.45, 2.75) is 19.9 Å². The second-order valence-corrected chi connectivity index (χ2v) is 7.23. The normalized spacial score (nSPS) is 15.8. The van der Waals surface area contributed by atoms with Gasteiger partial charge in [-0.1, -0.05) is 17.7 Å². The van der Waals surface area contributed by atoms with Crippen LogP contribution < -0.4 is 5.32 Å². The molecular weight excluding hydrogens is 366 g/mol. The van der Waals surface area contributed by atoms with Gasteiger partial charge in [0.15, 0.2) is 5.15 Å². The summed E-state index contributed by atoms with van der Waals surface area (Å²) in [7, 11) is 0. The highest BCUT2D eigenvalue weighted by Crippen LogP contribution is 2.19. The Kier molecular flexibility index (Phi) is 6.13. The molecule has 0 unspecified atom stereocenters. The Labute approximate surface area is 163 Å². The third-order valence-corrected chi connectivity index (χ3v) is 4.68. The van der Waals surface area contributed by atoms with Crippen LogP contribution in [0.4, 0.5) is 0 Å². The Balaban J connectivity index is 1.56. The minimum absolute atomic E-state index is 0.0203. The standard InChI is InChI=1S/C19H24ClN5O2/c1-14(2)21-17(26)13-23-9-11-24(12-10-23)18(27)7-6-15-19(20)22-16-5-3-4-8-25(15)16/h3-8,14H,9-13H2,1-2H3,(H,21,26)/b7-6+. The first-order chi connectivity index (χ1) is 12.9. The number of nitrogens with zero attached hydrogens (tertiary/aromatic N) is 4. The van der Waals surface area contributed by atoms with E-state index in [4.69, 9.17) is 11.6 Å². The van der Waals surface area contributed by atoms with Gasteiger partial charge in [-0.3, -0.25) is 18.9 Å². The highest BCUT2D eigenvalue weighted by molar-refractivity contribution is 6.31. The quantitative estimate of drug-likeness (QED) is 0.790. The van der Waals surface area contributed by atoms with E-state index in [1.165, 1.54) is 6.08 Å². The molecule has 0 atom stereocenters. The fourth-order valence-corrected chi connectivity index (χ4v) is 3.33. The molecule has 1 N–H and O–H groups in total. The summed E-state index contributed by atoms with van der Waals surface area (Å²) in [5.41, 5.74) is 1.42. The predicted octanol–water partition coefficient (Wildman–Crippen LogP) is 1.67. The summed E-state index contributed by atoms with van der Waals surface area (Å²) in [6, 6.07) is 5.77.